The van der Waals surface area contributed by atoms with E-state index in [1.165, 1.54) is 6.92 Å². The first-order valence-corrected chi connectivity index (χ1v) is 22.6. The number of nitrogens with one attached hydrogen (secondary N) is 3. The number of hydrogen-bond acceptors (Lipinski definition) is 10. The molecule has 0 aliphatic heterocycles. The molecule has 0 heterocycles. The fourth-order valence-corrected chi connectivity index (χ4v) is 7.26. The molecule has 5 unspecified atom stereocenters. The van der Waals surface area contributed by atoms with Crippen LogP contribution in [-0.4, -0.2) is 60.3 Å². The van der Waals surface area contributed by atoms with E-state index in [9.17, 15) is 28.6 Å². The van der Waals surface area contributed by atoms with Crippen molar-refractivity contribution in [3.8, 4) is 0 Å². The van der Waals surface area contributed by atoms with Gasteiger partial charge in [0.15, 0.2) is 0 Å². The second-order valence-corrected chi connectivity index (χ2v) is 18.4. The quantitative estimate of drug-likeness (QED) is 0.0405. The molecule has 0 saturated carbocycles. The van der Waals surface area contributed by atoms with Crippen molar-refractivity contribution in [1.82, 2.24) is 5.32 Å². The number of nitrogens with zero attached hydrogens (tertiary/aromatic N) is 1. The smallest absolute Gasteiger partial charge is 0.425 e. The number of esters is 2. The minimum atomic E-state index is -4.65. The zero-order valence-electron chi connectivity index (χ0n) is 37.6. The van der Waals surface area contributed by atoms with Crippen LogP contribution in [0.3, 0.4) is 0 Å². The Morgan fingerprint density at radius 3 is 1.97 bits per heavy atom. The highest BCUT2D eigenvalue weighted by atomic mass is 31.2. The second kappa shape index (κ2) is 24.0. The number of ether oxygens (including phenoxy) is 2. The van der Waals surface area contributed by atoms with Crippen molar-refractivity contribution in [2.75, 3.05) is 28.6 Å². The lowest BCUT2D eigenvalue weighted by Crippen LogP contribution is -2.50. The van der Waals surface area contributed by atoms with E-state index in [4.69, 9.17) is 18.5 Å². The molecule has 5 atom stereocenters. The summed E-state index contributed by atoms with van der Waals surface area (Å²) in [7, 11) is -4.65. The molecule has 14 nitrogen and oxygen atoms in total. The van der Waals surface area contributed by atoms with Gasteiger partial charge in [-0.05, 0) is 79.3 Å². The molecule has 15 heteroatoms. The Bertz CT molecular complexity index is 1910. The van der Waals surface area contributed by atoms with E-state index < -0.39 is 62.0 Å². The maximum atomic E-state index is 13.6. The van der Waals surface area contributed by atoms with Gasteiger partial charge in [0, 0.05) is 24.7 Å². The molecule has 336 valence electrons. The summed E-state index contributed by atoms with van der Waals surface area (Å²) in [6, 6.07) is 20.5. The maximum absolute atomic E-state index is 13.6. The number of anilines is 3. The lowest BCUT2D eigenvalue weighted by atomic mass is 9.92. The van der Waals surface area contributed by atoms with Crippen LogP contribution in [0.15, 0.2) is 72.8 Å². The van der Waals surface area contributed by atoms with Crippen molar-refractivity contribution in [3.05, 3.63) is 89.5 Å². The van der Waals surface area contributed by atoms with Crippen LogP contribution in [0.5, 0.6) is 0 Å². The fraction of sp³-hybridized carbons (Fsp3) is 0.522. The Labute approximate surface area is 362 Å². The minimum Gasteiger partial charge on any atom is -0.425 e. The van der Waals surface area contributed by atoms with Gasteiger partial charge in [-0.15, -0.1) is 0 Å². The van der Waals surface area contributed by atoms with Crippen LogP contribution < -0.4 is 20.9 Å². The Morgan fingerprint density at radius 2 is 1.41 bits per heavy atom. The van der Waals surface area contributed by atoms with Gasteiger partial charge in [0.2, 0.25) is 12.2 Å². The van der Waals surface area contributed by atoms with Crippen molar-refractivity contribution in [3.63, 3.8) is 0 Å². The zero-order valence-corrected chi connectivity index (χ0v) is 38.5. The first-order valence-electron chi connectivity index (χ1n) is 21.1. The Hall–Kier alpha value is -4.75. The topological polar surface area (TPSA) is 182 Å². The summed E-state index contributed by atoms with van der Waals surface area (Å²) in [6.45, 7) is 21.9. The van der Waals surface area contributed by atoms with Gasteiger partial charge in [0.1, 0.15) is 12.1 Å². The van der Waals surface area contributed by atoms with E-state index in [-0.39, 0.29) is 18.9 Å². The van der Waals surface area contributed by atoms with E-state index in [1.54, 1.807) is 58.0 Å². The molecule has 3 rings (SSSR count). The summed E-state index contributed by atoms with van der Waals surface area (Å²) in [4.78, 5) is 66.1. The number of phosphoric ester groups is 1. The second-order valence-electron chi connectivity index (χ2n) is 17.0. The highest BCUT2D eigenvalue weighted by Gasteiger charge is 2.35. The van der Waals surface area contributed by atoms with E-state index in [0.29, 0.717) is 35.2 Å². The molecule has 61 heavy (non-hydrogen) atoms. The van der Waals surface area contributed by atoms with Crippen LogP contribution in [-0.2, 0) is 44.1 Å². The predicted octanol–water partition coefficient (Wildman–Crippen LogP) is 9.57. The molecule has 3 aromatic rings. The first kappa shape index (κ1) is 50.6. The van der Waals surface area contributed by atoms with Gasteiger partial charge in [-0.1, -0.05) is 116 Å². The molecular formula is C46H67N4O10P. The monoisotopic (exact) mass is 866 g/mol. The molecule has 0 aliphatic carbocycles. The average Bonchev–Trinajstić information content (AvgIpc) is 3.18. The van der Waals surface area contributed by atoms with Crippen LogP contribution in [0, 0.1) is 30.6 Å². The van der Waals surface area contributed by atoms with Gasteiger partial charge in [0.25, 0.3) is 0 Å². The van der Waals surface area contributed by atoms with Crippen molar-refractivity contribution < 1.29 is 47.2 Å². The summed E-state index contributed by atoms with van der Waals surface area (Å²) in [5.41, 5.74) is 4.65. The molecule has 0 radical (unpaired) electrons. The zero-order chi connectivity index (χ0) is 45.4. The number of phosphoric acid groups is 1. The molecule has 3 aromatic carbocycles. The summed E-state index contributed by atoms with van der Waals surface area (Å²) >= 11 is 0. The van der Waals surface area contributed by atoms with Gasteiger partial charge >= 0.3 is 25.8 Å². The molecule has 0 saturated heterocycles. The van der Waals surface area contributed by atoms with Gasteiger partial charge in [0.05, 0.1) is 24.4 Å². The van der Waals surface area contributed by atoms with Crippen LogP contribution in [0.2, 0.25) is 0 Å². The number of rotatable bonds is 23. The summed E-state index contributed by atoms with van der Waals surface area (Å²) < 4.78 is 34.2. The molecule has 4 N–H and O–H groups in total. The molecule has 0 aliphatic rings. The highest BCUT2D eigenvalue weighted by molar-refractivity contribution is 7.47. The standard InChI is InChI=1S/C46H67N4O10P/c1-12-36(37-20-23-40(50(26-29(2)3)27-30(4)5)39(24-37)48-46(54)47-38-21-18-33(10)19-22-38)25-41(51)58-45(32(8)9)59-44(53)42(31(6)7)49-43(52)34(11)60-61(55,56)57-28-35-16-14-13-15-17-35/h13-24,29-32,34,36,42,45H,12,25-28H2,1-11H3,(H,49,52)(H,55,56)(H2,47,48,54). The van der Waals surface area contributed by atoms with Gasteiger partial charge in [-0.3, -0.25) is 18.6 Å². The normalized spacial score (nSPS) is 14.5. The number of amides is 3. The lowest BCUT2D eigenvalue weighted by Gasteiger charge is -2.31. The van der Waals surface area contributed by atoms with Crippen molar-refractivity contribution >= 4 is 48.8 Å². The van der Waals surface area contributed by atoms with Crippen molar-refractivity contribution in [2.45, 2.75) is 120 Å². The molecular weight excluding hydrogens is 799 g/mol. The number of benzene rings is 3. The number of carbonyl (C=O) groups is 4. The predicted molar refractivity (Wildman–Crippen MR) is 239 cm³/mol. The first-order chi connectivity index (χ1) is 28.7. The molecule has 0 fully saturated rings. The van der Waals surface area contributed by atoms with Crippen LogP contribution in [0.25, 0.3) is 0 Å². The van der Waals surface area contributed by atoms with E-state index in [0.717, 1.165) is 29.9 Å². The van der Waals surface area contributed by atoms with Gasteiger partial charge in [-0.2, -0.15) is 0 Å². The van der Waals surface area contributed by atoms with Crippen molar-refractivity contribution in [1.29, 1.82) is 0 Å². The third kappa shape index (κ3) is 17.3. The summed E-state index contributed by atoms with van der Waals surface area (Å²) in [5, 5.41) is 8.52. The molecule has 3 amide bonds. The van der Waals surface area contributed by atoms with Crippen LogP contribution in [0.1, 0.15) is 105 Å². The van der Waals surface area contributed by atoms with Crippen LogP contribution in [0.4, 0.5) is 21.9 Å². The molecule has 0 spiro atoms. The average molecular weight is 867 g/mol. The van der Waals surface area contributed by atoms with Gasteiger partial charge in [-0.25, -0.2) is 14.2 Å². The summed E-state index contributed by atoms with van der Waals surface area (Å²) in [5.74, 6) is -2.82. The number of urea groups is 1. The minimum absolute atomic E-state index is 0.0416. The molecule has 0 aromatic heterocycles. The third-order valence-corrected chi connectivity index (χ3v) is 10.6. The largest absolute Gasteiger partial charge is 0.473 e. The number of carbonyl (C=O) groups excluding carboxylic acids is 4. The SMILES string of the molecule is CCC(CC(=O)OC(OC(=O)C(NC(=O)C(C)OP(=O)(O)OCc1ccccc1)C(C)C)C(C)C)c1ccc(N(CC(C)C)CC(C)C)c(NC(=O)Nc2ccc(C)cc2)c1. The third-order valence-electron chi connectivity index (χ3n) is 9.61. The maximum Gasteiger partial charge on any atom is 0.473 e. The molecule has 0 bridgehead atoms. The van der Waals surface area contributed by atoms with Crippen LogP contribution >= 0.6 is 7.82 Å². The Kier molecular flexibility index (Phi) is 19.9. The fourth-order valence-electron chi connectivity index (χ4n) is 6.40. The van der Waals surface area contributed by atoms with E-state index in [1.807, 2.05) is 56.3 Å². The Morgan fingerprint density at radius 1 is 0.787 bits per heavy atom. The Balaban J connectivity index is 1.74. The summed E-state index contributed by atoms with van der Waals surface area (Å²) in [6.07, 6.45) is -2.22. The van der Waals surface area contributed by atoms with Crippen molar-refractivity contribution in [2.24, 2.45) is 23.7 Å². The lowest BCUT2D eigenvalue weighted by molar-refractivity contribution is -0.198. The number of aryl methyl sites for hydroxylation is 1. The highest BCUT2D eigenvalue weighted by Crippen LogP contribution is 2.45. The van der Waals surface area contributed by atoms with E-state index in [2.05, 4.69) is 48.5 Å². The number of hydrogen-bond donors (Lipinski definition) is 4. The van der Waals surface area contributed by atoms with Gasteiger partial charge < -0.3 is 35.2 Å². The van der Waals surface area contributed by atoms with E-state index >= 15 is 0 Å².